The van der Waals surface area contributed by atoms with Gasteiger partial charge in [0.2, 0.25) is 0 Å². The van der Waals surface area contributed by atoms with Crippen LogP contribution in [0.25, 0.3) is 0 Å². The first-order valence-electron chi connectivity index (χ1n) is 4.59. The minimum absolute atomic E-state index is 0.0492. The number of halogens is 2. The lowest BCUT2D eigenvalue weighted by atomic mass is 9.77. The molecule has 0 radical (unpaired) electrons. The summed E-state index contributed by atoms with van der Waals surface area (Å²) in [4.78, 5) is 0. The Labute approximate surface area is 87.7 Å². The van der Waals surface area contributed by atoms with Crippen molar-refractivity contribution < 1.29 is 18.8 Å². The zero-order valence-electron chi connectivity index (χ0n) is 8.88. The summed E-state index contributed by atoms with van der Waals surface area (Å²) in [6.45, 7) is 3.90. The van der Waals surface area contributed by atoms with Gasteiger partial charge in [0.1, 0.15) is 0 Å². The molecule has 5 heteroatoms. The summed E-state index contributed by atoms with van der Waals surface area (Å²) in [6.07, 6.45) is 0. The third kappa shape index (κ3) is 2.55. The molecule has 0 saturated heterocycles. The summed E-state index contributed by atoms with van der Waals surface area (Å²) in [5.41, 5.74) is 0.918. The van der Waals surface area contributed by atoms with E-state index in [4.69, 9.17) is 10.0 Å². The number of aryl methyl sites for hydroxylation is 2. The third-order valence-corrected chi connectivity index (χ3v) is 2.29. The number of hydrogen-bond acceptors (Lipinski definition) is 2. The number of benzene rings is 1. The molecule has 15 heavy (non-hydrogen) atoms. The van der Waals surface area contributed by atoms with E-state index in [-0.39, 0.29) is 11.0 Å². The van der Waals surface area contributed by atoms with Crippen LogP contribution in [-0.4, -0.2) is 17.2 Å². The zero-order valence-corrected chi connectivity index (χ0v) is 8.88. The Morgan fingerprint density at radius 1 is 1.13 bits per heavy atom. The average molecular weight is 214 g/mol. The van der Waals surface area contributed by atoms with Gasteiger partial charge < -0.3 is 10.0 Å². The molecule has 0 aromatic heterocycles. The normalized spacial score (nSPS) is 11.7. The summed E-state index contributed by atoms with van der Waals surface area (Å²) >= 11 is 0. The van der Waals surface area contributed by atoms with Crippen LogP contribution in [0.15, 0.2) is 12.1 Å². The first kappa shape index (κ1) is 12.1. The fourth-order valence-corrected chi connectivity index (χ4v) is 1.84. The van der Waals surface area contributed by atoms with E-state index >= 15 is 0 Å². The summed E-state index contributed by atoms with van der Waals surface area (Å²) in [5.74, 6) is -2.91. The maximum Gasteiger partial charge on any atom is 0.488 e. The minimum atomic E-state index is -2.91. The van der Waals surface area contributed by atoms with E-state index in [0.717, 1.165) is 6.92 Å². The fraction of sp³-hybridized carbons (Fsp3) is 0.400. The van der Waals surface area contributed by atoms with Gasteiger partial charge in [-0.25, -0.2) is 8.78 Å². The van der Waals surface area contributed by atoms with E-state index in [0.29, 0.717) is 11.1 Å². The van der Waals surface area contributed by atoms with Crippen molar-refractivity contribution in [3.63, 3.8) is 0 Å². The predicted molar refractivity (Wildman–Crippen MR) is 55.3 cm³/mol. The van der Waals surface area contributed by atoms with Gasteiger partial charge in [-0.2, -0.15) is 0 Å². The Bertz CT molecular complexity index is 349. The van der Waals surface area contributed by atoms with Crippen LogP contribution in [0.3, 0.4) is 0 Å². The Hall–Kier alpha value is -0.935. The van der Waals surface area contributed by atoms with Crippen molar-refractivity contribution >= 4 is 12.6 Å². The molecule has 2 N–H and O–H groups in total. The Morgan fingerprint density at radius 3 is 1.80 bits per heavy atom. The van der Waals surface area contributed by atoms with Gasteiger partial charge in [-0.15, -0.1) is 0 Å². The average Bonchev–Trinajstić information content (AvgIpc) is 1.99. The highest BCUT2D eigenvalue weighted by Gasteiger charge is 2.29. The maximum atomic E-state index is 13.2. The van der Waals surface area contributed by atoms with Gasteiger partial charge >= 0.3 is 7.12 Å². The third-order valence-electron chi connectivity index (χ3n) is 2.29. The lowest BCUT2D eigenvalue weighted by Crippen LogP contribution is -2.31. The molecule has 0 aliphatic heterocycles. The Kier molecular flexibility index (Phi) is 3.16. The van der Waals surface area contributed by atoms with Crippen LogP contribution in [0.2, 0.25) is 0 Å². The fourth-order valence-electron chi connectivity index (χ4n) is 1.84. The molecule has 0 atom stereocenters. The van der Waals surface area contributed by atoms with Crippen molar-refractivity contribution in [2.45, 2.75) is 26.7 Å². The first-order chi connectivity index (χ1) is 6.73. The highest BCUT2D eigenvalue weighted by atomic mass is 19.3. The lowest BCUT2D eigenvalue weighted by molar-refractivity contribution is 0.0162. The molecule has 82 valence electrons. The summed E-state index contributed by atoms with van der Waals surface area (Å²) < 4.78 is 26.4. The number of alkyl halides is 2. The first-order valence-corrected chi connectivity index (χ1v) is 4.59. The molecule has 0 fully saturated rings. The van der Waals surface area contributed by atoms with Gasteiger partial charge in [0.15, 0.2) is 0 Å². The van der Waals surface area contributed by atoms with Crippen molar-refractivity contribution in [3.8, 4) is 0 Å². The van der Waals surface area contributed by atoms with Gasteiger partial charge in [-0.05, 0) is 30.4 Å². The quantitative estimate of drug-likeness (QED) is 0.723. The van der Waals surface area contributed by atoms with Crippen LogP contribution in [0, 0.1) is 13.8 Å². The van der Waals surface area contributed by atoms with Crippen LogP contribution in [-0.2, 0) is 5.92 Å². The van der Waals surface area contributed by atoms with Crippen LogP contribution >= 0.6 is 0 Å². The molecule has 1 aromatic carbocycles. The van der Waals surface area contributed by atoms with Gasteiger partial charge in [-0.3, -0.25) is 0 Å². The van der Waals surface area contributed by atoms with Crippen molar-refractivity contribution in [2.75, 3.05) is 0 Å². The van der Waals surface area contributed by atoms with E-state index in [1.807, 2.05) is 0 Å². The molecule has 0 bridgehead atoms. The molecule has 1 rings (SSSR count). The molecule has 0 heterocycles. The molecule has 0 amide bonds. The lowest BCUT2D eigenvalue weighted by Gasteiger charge is -2.18. The second-order valence-corrected chi connectivity index (χ2v) is 3.79. The molecular formula is C10H13BF2O2. The van der Waals surface area contributed by atoms with E-state index in [2.05, 4.69) is 0 Å². The van der Waals surface area contributed by atoms with Crippen LogP contribution in [0.4, 0.5) is 8.78 Å². The summed E-state index contributed by atoms with van der Waals surface area (Å²) in [5, 5.41) is 17.9. The molecule has 0 unspecified atom stereocenters. The Balaban J connectivity index is 3.34. The standard InChI is InChI=1S/C10H13BF2O2/c1-6-4-8(11(14)15)5-7(2)9(6)10(3,12)13/h4-5,14-15H,1-3H3. The van der Waals surface area contributed by atoms with Crippen molar-refractivity contribution in [1.82, 2.24) is 0 Å². The van der Waals surface area contributed by atoms with E-state index in [9.17, 15) is 8.78 Å². The van der Waals surface area contributed by atoms with Crippen LogP contribution in [0.5, 0.6) is 0 Å². The SMILES string of the molecule is Cc1cc(B(O)O)cc(C)c1C(C)(F)F. The molecule has 2 nitrogen and oxygen atoms in total. The molecule has 1 aromatic rings. The largest absolute Gasteiger partial charge is 0.488 e. The van der Waals surface area contributed by atoms with E-state index < -0.39 is 13.0 Å². The van der Waals surface area contributed by atoms with Crippen LogP contribution < -0.4 is 5.46 Å². The Morgan fingerprint density at radius 2 is 1.53 bits per heavy atom. The second kappa shape index (κ2) is 3.91. The predicted octanol–water partition coefficient (Wildman–Crippen LogP) is 1.09. The molecule has 0 spiro atoms. The van der Waals surface area contributed by atoms with Crippen molar-refractivity contribution in [1.29, 1.82) is 0 Å². The summed E-state index contributed by atoms with van der Waals surface area (Å²) in [6, 6.07) is 2.73. The molecular weight excluding hydrogens is 201 g/mol. The second-order valence-electron chi connectivity index (χ2n) is 3.79. The highest BCUT2D eigenvalue weighted by molar-refractivity contribution is 6.58. The number of hydrogen-bond donors (Lipinski definition) is 2. The van der Waals surface area contributed by atoms with Crippen molar-refractivity contribution in [2.24, 2.45) is 0 Å². The van der Waals surface area contributed by atoms with Gasteiger partial charge in [0.25, 0.3) is 5.92 Å². The molecule has 0 saturated carbocycles. The van der Waals surface area contributed by atoms with E-state index in [1.165, 1.54) is 26.0 Å². The maximum absolute atomic E-state index is 13.2. The smallest absolute Gasteiger partial charge is 0.423 e. The van der Waals surface area contributed by atoms with Crippen molar-refractivity contribution in [3.05, 3.63) is 28.8 Å². The monoisotopic (exact) mass is 214 g/mol. The number of rotatable bonds is 2. The van der Waals surface area contributed by atoms with Gasteiger partial charge in [0.05, 0.1) is 0 Å². The van der Waals surface area contributed by atoms with Gasteiger partial charge in [0, 0.05) is 12.5 Å². The summed E-state index contributed by atoms with van der Waals surface area (Å²) in [7, 11) is -1.62. The zero-order chi connectivity index (χ0) is 11.8. The minimum Gasteiger partial charge on any atom is -0.423 e. The highest BCUT2D eigenvalue weighted by Crippen LogP contribution is 2.31. The molecule has 0 aliphatic carbocycles. The topological polar surface area (TPSA) is 40.5 Å². The molecule has 0 aliphatic rings. The van der Waals surface area contributed by atoms with Crippen LogP contribution in [0.1, 0.15) is 23.6 Å². The van der Waals surface area contributed by atoms with E-state index in [1.54, 1.807) is 0 Å². The van der Waals surface area contributed by atoms with Gasteiger partial charge in [-0.1, -0.05) is 12.1 Å².